The van der Waals surface area contributed by atoms with Crippen molar-refractivity contribution in [2.75, 3.05) is 32.8 Å². The van der Waals surface area contributed by atoms with E-state index in [0.29, 0.717) is 19.6 Å². The average molecular weight is 227 g/mol. The molecule has 0 unspecified atom stereocenters. The van der Waals surface area contributed by atoms with Crippen LogP contribution >= 0.6 is 0 Å². The topological polar surface area (TPSA) is 49.8 Å². The highest BCUT2D eigenvalue weighted by Crippen LogP contribution is 2.16. The van der Waals surface area contributed by atoms with Crippen molar-refractivity contribution in [2.45, 2.75) is 6.18 Å². The number of carboxylic acids is 1. The molecule has 1 fully saturated rings. The summed E-state index contributed by atoms with van der Waals surface area (Å²) < 4.78 is 39.3. The molecular formula is C8H12F3NO3. The van der Waals surface area contributed by atoms with Crippen LogP contribution in [-0.4, -0.2) is 55.0 Å². The van der Waals surface area contributed by atoms with E-state index in [0.717, 1.165) is 0 Å². The third-order valence-electron chi connectivity index (χ3n) is 2.12. The lowest BCUT2D eigenvalue weighted by Crippen LogP contribution is -2.51. The van der Waals surface area contributed by atoms with Crippen molar-refractivity contribution in [3.8, 4) is 0 Å². The number of carbonyl (C=O) groups is 1. The van der Waals surface area contributed by atoms with E-state index in [4.69, 9.17) is 5.11 Å². The fourth-order valence-corrected chi connectivity index (χ4v) is 1.29. The summed E-state index contributed by atoms with van der Waals surface area (Å²) in [5.74, 6) is -1.24. The van der Waals surface area contributed by atoms with Crippen LogP contribution in [0.3, 0.4) is 0 Å². The molecule has 0 spiro atoms. The Morgan fingerprint density at radius 1 is 1.47 bits per heavy atom. The van der Waals surface area contributed by atoms with E-state index in [1.54, 1.807) is 4.90 Å². The summed E-state index contributed by atoms with van der Waals surface area (Å²) >= 11 is 0. The summed E-state index contributed by atoms with van der Waals surface area (Å²) in [5.41, 5.74) is 0. The summed E-state index contributed by atoms with van der Waals surface area (Å²) in [4.78, 5) is 12.1. The number of halogens is 3. The van der Waals surface area contributed by atoms with Gasteiger partial charge in [-0.3, -0.25) is 9.69 Å². The smallest absolute Gasteiger partial charge is 0.411 e. The minimum Gasteiger partial charge on any atom is -0.481 e. The van der Waals surface area contributed by atoms with E-state index >= 15 is 0 Å². The zero-order chi connectivity index (χ0) is 11.5. The highest BCUT2D eigenvalue weighted by atomic mass is 19.4. The molecule has 1 aliphatic rings. The zero-order valence-electron chi connectivity index (χ0n) is 7.96. The minimum atomic E-state index is -4.29. The second-order valence-electron chi connectivity index (χ2n) is 3.46. The average Bonchev–Trinajstić information content (AvgIpc) is 1.97. The van der Waals surface area contributed by atoms with E-state index < -0.39 is 18.8 Å². The largest absolute Gasteiger partial charge is 0.481 e. The molecule has 0 amide bonds. The first kappa shape index (κ1) is 12.3. The van der Waals surface area contributed by atoms with Gasteiger partial charge in [0.25, 0.3) is 0 Å². The molecule has 1 N–H and O–H groups in total. The zero-order valence-corrected chi connectivity index (χ0v) is 7.96. The Morgan fingerprint density at radius 2 is 2.07 bits per heavy atom. The number of ether oxygens (including phenoxy) is 1. The van der Waals surface area contributed by atoms with E-state index in [1.807, 2.05) is 0 Å². The van der Waals surface area contributed by atoms with Gasteiger partial charge >= 0.3 is 12.1 Å². The first-order valence-electron chi connectivity index (χ1n) is 4.48. The fourth-order valence-electron chi connectivity index (χ4n) is 1.29. The van der Waals surface area contributed by atoms with Crippen LogP contribution in [0.15, 0.2) is 0 Å². The van der Waals surface area contributed by atoms with Crippen molar-refractivity contribution in [1.82, 2.24) is 4.90 Å². The molecule has 15 heavy (non-hydrogen) atoms. The van der Waals surface area contributed by atoms with Crippen molar-refractivity contribution < 1.29 is 27.8 Å². The maximum Gasteiger partial charge on any atom is 0.411 e. The van der Waals surface area contributed by atoms with Crippen LogP contribution in [-0.2, 0) is 9.53 Å². The highest BCUT2D eigenvalue weighted by Gasteiger charge is 2.32. The SMILES string of the molecule is O=C(O)C1CN(CCOCC(F)(F)F)C1. The highest BCUT2D eigenvalue weighted by molar-refractivity contribution is 5.71. The molecule has 7 heteroatoms. The first-order valence-corrected chi connectivity index (χ1v) is 4.48. The number of hydrogen-bond acceptors (Lipinski definition) is 3. The Labute approximate surface area is 84.6 Å². The van der Waals surface area contributed by atoms with E-state index in [9.17, 15) is 18.0 Å². The second kappa shape index (κ2) is 4.80. The predicted octanol–water partition coefficient (Wildman–Crippen LogP) is 0.582. The Kier molecular flexibility index (Phi) is 3.92. The van der Waals surface area contributed by atoms with Crippen molar-refractivity contribution in [1.29, 1.82) is 0 Å². The second-order valence-corrected chi connectivity index (χ2v) is 3.46. The predicted molar refractivity (Wildman–Crippen MR) is 44.4 cm³/mol. The number of likely N-dealkylation sites (tertiary alicyclic amines) is 1. The van der Waals surface area contributed by atoms with Crippen LogP contribution in [0.5, 0.6) is 0 Å². The molecule has 0 aliphatic carbocycles. The Bertz CT molecular complexity index is 226. The van der Waals surface area contributed by atoms with Crippen molar-refractivity contribution in [2.24, 2.45) is 5.92 Å². The van der Waals surface area contributed by atoms with Crippen LogP contribution in [0, 0.1) is 5.92 Å². The third-order valence-corrected chi connectivity index (χ3v) is 2.12. The molecule has 0 saturated carbocycles. The summed E-state index contributed by atoms with van der Waals surface area (Å²) in [6, 6.07) is 0. The van der Waals surface area contributed by atoms with Gasteiger partial charge in [0.2, 0.25) is 0 Å². The van der Waals surface area contributed by atoms with Crippen LogP contribution in [0.25, 0.3) is 0 Å². The minimum absolute atomic E-state index is 0.0220. The third kappa shape index (κ3) is 4.48. The quantitative estimate of drug-likeness (QED) is 0.698. The van der Waals surface area contributed by atoms with Gasteiger partial charge in [-0.15, -0.1) is 0 Å². The molecule has 0 atom stereocenters. The monoisotopic (exact) mass is 227 g/mol. The normalized spacial score (nSPS) is 18.9. The van der Waals surface area contributed by atoms with Gasteiger partial charge in [0.15, 0.2) is 0 Å². The number of carboxylic acid groups (broad SMARTS) is 1. The van der Waals surface area contributed by atoms with Gasteiger partial charge in [0, 0.05) is 19.6 Å². The summed E-state index contributed by atoms with van der Waals surface area (Å²) in [5, 5.41) is 8.52. The molecule has 4 nitrogen and oxygen atoms in total. The van der Waals surface area contributed by atoms with Gasteiger partial charge in [0.1, 0.15) is 6.61 Å². The standard InChI is InChI=1S/C8H12F3NO3/c9-8(10,11)5-15-2-1-12-3-6(4-12)7(13)14/h6H,1-5H2,(H,13,14). The van der Waals surface area contributed by atoms with Crippen molar-refractivity contribution in [3.63, 3.8) is 0 Å². The van der Waals surface area contributed by atoms with Gasteiger partial charge in [-0.05, 0) is 0 Å². The van der Waals surface area contributed by atoms with E-state index in [1.165, 1.54) is 0 Å². The molecule has 0 aromatic heterocycles. The lowest BCUT2D eigenvalue weighted by molar-refractivity contribution is -0.175. The number of hydrogen-bond donors (Lipinski definition) is 1. The van der Waals surface area contributed by atoms with Crippen LogP contribution in [0.1, 0.15) is 0 Å². The summed E-state index contributed by atoms with van der Waals surface area (Å²) in [6.45, 7) is -0.135. The molecular weight excluding hydrogens is 215 g/mol. The number of nitrogens with zero attached hydrogens (tertiary/aromatic N) is 1. The summed E-state index contributed by atoms with van der Waals surface area (Å²) in [6.07, 6.45) is -4.29. The molecule has 0 radical (unpaired) electrons. The number of alkyl halides is 3. The lowest BCUT2D eigenvalue weighted by Gasteiger charge is -2.36. The Morgan fingerprint density at radius 3 is 2.53 bits per heavy atom. The molecule has 1 rings (SSSR count). The lowest BCUT2D eigenvalue weighted by atomic mass is 10.0. The van der Waals surface area contributed by atoms with Gasteiger partial charge in [-0.2, -0.15) is 13.2 Å². The fraction of sp³-hybridized carbons (Fsp3) is 0.875. The van der Waals surface area contributed by atoms with Gasteiger partial charge in [-0.25, -0.2) is 0 Å². The molecule has 0 aromatic carbocycles. The van der Waals surface area contributed by atoms with E-state index in [2.05, 4.69) is 4.74 Å². The molecule has 1 saturated heterocycles. The molecule has 88 valence electrons. The van der Waals surface area contributed by atoms with Crippen LogP contribution < -0.4 is 0 Å². The molecule has 1 aliphatic heterocycles. The van der Waals surface area contributed by atoms with Gasteiger partial charge < -0.3 is 9.84 Å². The van der Waals surface area contributed by atoms with Crippen LogP contribution in [0.4, 0.5) is 13.2 Å². The molecule has 0 bridgehead atoms. The maximum atomic E-state index is 11.6. The molecule has 0 aromatic rings. The van der Waals surface area contributed by atoms with E-state index in [-0.39, 0.29) is 12.5 Å². The van der Waals surface area contributed by atoms with Gasteiger partial charge in [0.05, 0.1) is 12.5 Å². The molecule has 1 heterocycles. The van der Waals surface area contributed by atoms with Crippen LogP contribution in [0.2, 0.25) is 0 Å². The number of rotatable bonds is 5. The van der Waals surface area contributed by atoms with Crippen molar-refractivity contribution in [3.05, 3.63) is 0 Å². The van der Waals surface area contributed by atoms with Crippen molar-refractivity contribution >= 4 is 5.97 Å². The maximum absolute atomic E-state index is 11.6. The summed E-state index contributed by atoms with van der Waals surface area (Å²) in [7, 11) is 0. The van der Waals surface area contributed by atoms with Gasteiger partial charge in [-0.1, -0.05) is 0 Å². The Balaban J connectivity index is 1.97. The first-order chi connectivity index (χ1) is 6.88. The number of aliphatic carboxylic acids is 1. The Hall–Kier alpha value is -0.820.